The Morgan fingerprint density at radius 3 is 2.48 bits per heavy atom. The minimum absolute atomic E-state index is 0. The lowest BCUT2D eigenvalue weighted by atomic mass is 10.2. The molecule has 0 bridgehead atoms. The molecule has 0 radical (unpaired) electrons. The number of para-hydroxylation sites is 1. The molecule has 7 heteroatoms. The molecule has 1 aromatic heterocycles. The Labute approximate surface area is 179 Å². The van der Waals surface area contributed by atoms with Crippen molar-refractivity contribution in [3.05, 3.63) is 54.5 Å². The van der Waals surface area contributed by atoms with Crippen molar-refractivity contribution in [1.29, 1.82) is 0 Å². The van der Waals surface area contributed by atoms with Crippen molar-refractivity contribution in [2.24, 2.45) is 4.99 Å². The molecule has 0 fully saturated rings. The predicted octanol–water partition coefficient (Wildman–Crippen LogP) is 3.48. The number of nitrogens with one attached hydrogen (secondary N) is 1. The van der Waals surface area contributed by atoms with Crippen LogP contribution in [0.15, 0.2) is 58.1 Å². The van der Waals surface area contributed by atoms with E-state index in [1.54, 1.807) is 6.26 Å². The summed E-state index contributed by atoms with van der Waals surface area (Å²) in [5.74, 6) is 2.67. The van der Waals surface area contributed by atoms with Gasteiger partial charge in [-0.15, -0.1) is 24.0 Å². The minimum Gasteiger partial charge on any atom is -0.492 e. The molecule has 1 aromatic carbocycles. The maximum Gasteiger partial charge on any atom is 0.193 e. The van der Waals surface area contributed by atoms with E-state index in [1.807, 2.05) is 63.6 Å². The molecular formula is C20H31IN4O2. The van der Waals surface area contributed by atoms with E-state index in [4.69, 9.17) is 14.1 Å². The fourth-order valence-corrected chi connectivity index (χ4v) is 2.55. The first-order valence-corrected chi connectivity index (χ1v) is 8.99. The molecule has 2 aromatic rings. The van der Waals surface area contributed by atoms with Gasteiger partial charge in [0.05, 0.1) is 25.4 Å². The summed E-state index contributed by atoms with van der Waals surface area (Å²) in [5, 5.41) is 3.34. The van der Waals surface area contributed by atoms with Gasteiger partial charge in [0.25, 0.3) is 0 Å². The molecule has 6 nitrogen and oxygen atoms in total. The molecular weight excluding hydrogens is 455 g/mol. The summed E-state index contributed by atoms with van der Waals surface area (Å²) in [6.45, 7) is 4.84. The molecule has 0 spiro atoms. The molecule has 1 atom stereocenters. The number of ether oxygens (including phenoxy) is 1. The van der Waals surface area contributed by atoms with E-state index in [2.05, 4.69) is 22.0 Å². The van der Waals surface area contributed by atoms with Crippen LogP contribution >= 0.6 is 24.0 Å². The Morgan fingerprint density at radius 2 is 1.89 bits per heavy atom. The normalized spacial score (nSPS) is 12.4. The summed E-state index contributed by atoms with van der Waals surface area (Å²) < 4.78 is 11.3. The Balaban J connectivity index is 0.00000364. The van der Waals surface area contributed by atoms with E-state index >= 15 is 0 Å². The number of hydrogen-bond donors (Lipinski definition) is 1. The third-order valence-corrected chi connectivity index (χ3v) is 4.04. The summed E-state index contributed by atoms with van der Waals surface area (Å²) in [4.78, 5) is 8.99. The lowest BCUT2D eigenvalue weighted by molar-refractivity contribution is 0.262. The second kappa shape index (κ2) is 12.6. The van der Waals surface area contributed by atoms with Crippen LogP contribution in [0, 0.1) is 0 Å². The van der Waals surface area contributed by atoms with E-state index in [0.29, 0.717) is 13.2 Å². The minimum atomic E-state index is 0. The number of benzene rings is 1. The molecule has 27 heavy (non-hydrogen) atoms. The fourth-order valence-electron chi connectivity index (χ4n) is 2.55. The molecule has 0 saturated carbocycles. The average molecular weight is 486 g/mol. The van der Waals surface area contributed by atoms with Gasteiger partial charge in [0.1, 0.15) is 18.1 Å². The van der Waals surface area contributed by atoms with Gasteiger partial charge in [-0.05, 0) is 45.3 Å². The molecule has 1 unspecified atom stereocenters. The quantitative estimate of drug-likeness (QED) is 0.334. The van der Waals surface area contributed by atoms with Gasteiger partial charge in [-0.3, -0.25) is 9.89 Å². The number of guanidine groups is 1. The Hall–Kier alpha value is -1.74. The highest BCUT2D eigenvalue weighted by molar-refractivity contribution is 14.0. The third kappa shape index (κ3) is 7.80. The largest absolute Gasteiger partial charge is 0.492 e. The van der Waals surface area contributed by atoms with Crippen molar-refractivity contribution in [3.8, 4) is 5.75 Å². The first kappa shape index (κ1) is 23.3. The molecule has 150 valence electrons. The van der Waals surface area contributed by atoms with Crippen LogP contribution in [0.2, 0.25) is 0 Å². The zero-order chi connectivity index (χ0) is 18.8. The van der Waals surface area contributed by atoms with E-state index < -0.39 is 0 Å². The third-order valence-electron chi connectivity index (χ3n) is 4.04. The van der Waals surface area contributed by atoms with Crippen molar-refractivity contribution in [2.45, 2.75) is 13.0 Å². The Kier molecular flexibility index (Phi) is 10.9. The van der Waals surface area contributed by atoms with E-state index in [1.165, 1.54) is 0 Å². The summed E-state index contributed by atoms with van der Waals surface area (Å²) in [6.07, 6.45) is 1.70. The second-order valence-electron chi connectivity index (χ2n) is 6.27. The van der Waals surface area contributed by atoms with Crippen LogP contribution in [-0.2, 0) is 0 Å². The van der Waals surface area contributed by atoms with E-state index in [-0.39, 0.29) is 30.0 Å². The Bertz CT molecular complexity index is 647. The fraction of sp³-hybridized carbons (Fsp3) is 0.450. The van der Waals surface area contributed by atoms with Gasteiger partial charge in [-0.25, -0.2) is 0 Å². The lowest BCUT2D eigenvalue weighted by Crippen LogP contribution is -2.41. The summed E-state index contributed by atoms with van der Waals surface area (Å²) in [5.41, 5.74) is 0. The number of aliphatic imine (C=N–C) groups is 1. The number of likely N-dealkylation sites (N-methyl/N-ethyl adjacent to an activating group) is 2. The van der Waals surface area contributed by atoms with Gasteiger partial charge in [0.15, 0.2) is 5.96 Å². The zero-order valence-corrected chi connectivity index (χ0v) is 18.9. The van der Waals surface area contributed by atoms with Gasteiger partial charge >= 0.3 is 0 Å². The topological polar surface area (TPSA) is 53.2 Å². The van der Waals surface area contributed by atoms with Crippen molar-refractivity contribution < 1.29 is 9.15 Å². The van der Waals surface area contributed by atoms with Gasteiger partial charge in [0.2, 0.25) is 0 Å². The smallest absolute Gasteiger partial charge is 0.193 e. The number of halogens is 1. The van der Waals surface area contributed by atoms with Gasteiger partial charge in [-0.2, -0.15) is 0 Å². The first-order valence-electron chi connectivity index (χ1n) is 8.99. The molecule has 1 heterocycles. The number of furan rings is 1. The van der Waals surface area contributed by atoms with Crippen LogP contribution in [0.3, 0.4) is 0 Å². The van der Waals surface area contributed by atoms with Crippen LogP contribution in [0.4, 0.5) is 0 Å². The van der Waals surface area contributed by atoms with Crippen molar-refractivity contribution in [3.63, 3.8) is 0 Å². The van der Waals surface area contributed by atoms with Gasteiger partial charge < -0.3 is 19.4 Å². The second-order valence-corrected chi connectivity index (χ2v) is 6.27. The molecule has 0 aliphatic heterocycles. The van der Waals surface area contributed by atoms with E-state index in [9.17, 15) is 0 Å². The highest BCUT2D eigenvalue weighted by Gasteiger charge is 2.17. The average Bonchev–Trinajstić information content (AvgIpc) is 3.16. The molecule has 1 N–H and O–H groups in total. The highest BCUT2D eigenvalue weighted by atomic mass is 127. The van der Waals surface area contributed by atoms with Crippen LogP contribution in [0.1, 0.15) is 18.7 Å². The molecule has 2 rings (SSSR count). The van der Waals surface area contributed by atoms with Gasteiger partial charge in [0, 0.05) is 13.6 Å². The zero-order valence-electron chi connectivity index (χ0n) is 16.6. The Morgan fingerprint density at radius 1 is 1.15 bits per heavy atom. The van der Waals surface area contributed by atoms with Crippen molar-refractivity contribution in [2.75, 3.05) is 47.4 Å². The lowest BCUT2D eigenvalue weighted by Gasteiger charge is -2.24. The first-order chi connectivity index (χ1) is 12.6. The molecule has 0 saturated heterocycles. The maximum absolute atomic E-state index is 5.78. The van der Waals surface area contributed by atoms with E-state index in [0.717, 1.165) is 30.6 Å². The summed E-state index contributed by atoms with van der Waals surface area (Å²) in [6, 6.07) is 13.9. The molecule has 0 aliphatic rings. The van der Waals surface area contributed by atoms with Crippen LogP contribution in [0.5, 0.6) is 5.75 Å². The number of rotatable bonds is 9. The summed E-state index contributed by atoms with van der Waals surface area (Å²) >= 11 is 0. The SMILES string of the molecule is CCNC(=NCC(c1ccco1)N(C)C)N(C)CCOc1ccccc1.I. The van der Waals surface area contributed by atoms with Crippen LogP contribution < -0.4 is 10.1 Å². The number of hydrogen-bond acceptors (Lipinski definition) is 4. The molecule has 0 aliphatic carbocycles. The van der Waals surface area contributed by atoms with Crippen LogP contribution in [0.25, 0.3) is 0 Å². The van der Waals surface area contributed by atoms with Crippen molar-refractivity contribution in [1.82, 2.24) is 15.1 Å². The summed E-state index contributed by atoms with van der Waals surface area (Å²) in [7, 11) is 6.09. The van der Waals surface area contributed by atoms with Crippen LogP contribution in [-0.4, -0.2) is 63.1 Å². The van der Waals surface area contributed by atoms with Crippen molar-refractivity contribution >= 4 is 29.9 Å². The monoisotopic (exact) mass is 486 g/mol. The maximum atomic E-state index is 5.78. The molecule has 0 amide bonds. The standard InChI is InChI=1S/C20H30N4O2.HI/c1-5-21-20(22-16-18(23(2)3)19-12-9-14-26-19)24(4)13-15-25-17-10-7-6-8-11-17;/h6-12,14,18H,5,13,15-16H2,1-4H3,(H,21,22);1H. The van der Waals surface area contributed by atoms with Gasteiger partial charge in [-0.1, -0.05) is 18.2 Å². The predicted molar refractivity (Wildman–Crippen MR) is 121 cm³/mol. The highest BCUT2D eigenvalue weighted by Crippen LogP contribution is 2.19. The number of nitrogens with zero attached hydrogens (tertiary/aromatic N) is 3.